The van der Waals surface area contributed by atoms with Crippen LogP contribution in [0, 0.1) is 0 Å². The van der Waals surface area contributed by atoms with E-state index in [2.05, 4.69) is 5.32 Å². The summed E-state index contributed by atoms with van der Waals surface area (Å²) in [6, 6.07) is 2.18. The van der Waals surface area contributed by atoms with Crippen molar-refractivity contribution in [3.8, 4) is 0 Å². The second-order valence-electron chi connectivity index (χ2n) is 3.46. The van der Waals surface area contributed by atoms with Gasteiger partial charge in [-0.15, -0.1) is 0 Å². The second-order valence-corrected chi connectivity index (χ2v) is 3.46. The highest BCUT2D eigenvalue weighted by molar-refractivity contribution is 5.84. The number of rotatable bonds is 6. The molecule has 1 aromatic rings. The first-order chi connectivity index (χ1) is 7.58. The Morgan fingerprint density at radius 2 is 2.06 bits per heavy atom. The van der Waals surface area contributed by atoms with Crippen molar-refractivity contribution in [3.63, 3.8) is 0 Å². The van der Waals surface area contributed by atoms with E-state index in [9.17, 15) is 4.79 Å². The van der Waals surface area contributed by atoms with Crippen LogP contribution in [0.4, 0.5) is 0 Å². The van der Waals surface area contributed by atoms with Crippen LogP contribution in [0.1, 0.15) is 29.3 Å². The van der Waals surface area contributed by atoms with Crippen LogP contribution in [0.25, 0.3) is 0 Å². The van der Waals surface area contributed by atoms with Crippen LogP contribution >= 0.6 is 0 Å². The van der Waals surface area contributed by atoms with Gasteiger partial charge in [-0.25, -0.2) is 4.79 Å². The maximum Gasteiger partial charge on any atom is 0.371 e. The topological polar surface area (TPSA) is 103 Å². The van der Waals surface area contributed by atoms with Crippen molar-refractivity contribution in [3.05, 3.63) is 23.7 Å². The molecule has 1 rings (SSSR count). The molecule has 0 saturated heterocycles. The van der Waals surface area contributed by atoms with Gasteiger partial charge in [0.05, 0.1) is 25.3 Å². The van der Waals surface area contributed by atoms with Gasteiger partial charge in [0.15, 0.2) is 0 Å². The molecule has 0 fully saturated rings. The van der Waals surface area contributed by atoms with Crippen molar-refractivity contribution < 1.29 is 24.5 Å². The van der Waals surface area contributed by atoms with E-state index in [0.29, 0.717) is 5.76 Å². The van der Waals surface area contributed by atoms with E-state index in [1.54, 1.807) is 13.0 Å². The fourth-order valence-corrected chi connectivity index (χ4v) is 1.30. The fraction of sp³-hybridized carbons (Fsp3) is 0.500. The molecule has 0 amide bonds. The third kappa shape index (κ3) is 3.06. The molecule has 6 heteroatoms. The Labute approximate surface area is 92.5 Å². The van der Waals surface area contributed by atoms with Crippen molar-refractivity contribution >= 4 is 5.97 Å². The van der Waals surface area contributed by atoms with E-state index < -0.39 is 12.0 Å². The molecule has 0 aliphatic heterocycles. The number of hydrogen-bond donors (Lipinski definition) is 4. The Kier molecular flexibility index (Phi) is 4.48. The zero-order valence-electron chi connectivity index (χ0n) is 8.88. The molecule has 16 heavy (non-hydrogen) atoms. The summed E-state index contributed by atoms with van der Waals surface area (Å²) >= 11 is 0. The zero-order valence-corrected chi connectivity index (χ0v) is 8.88. The van der Waals surface area contributed by atoms with Crippen LogP contribution in [-0.2, 0) is 0 Å². The van der Waals surface area contributed by atoms with Gasteiger partial charge in [-0.3, -0.25) is 0 Å². The van der Waals surface area contributed by atoms with Gasteiger partial charge in [0, 0.05) is 0 Å². The zero-order chi connectivity index (χ0) is 12.1. The lowest BCUT2D eigenvalue weighted by atomic mass is 10.2. The van der Waals surface area contributed by atoms with Crippen LogP contribution in [0.2, 0.25) is 0 Å². The van der Waals surface area contributed by atoms with Gasteiger partial charge in [-0.05, 0) is 19.1 Å². The molecule has 0 aliphatic carbocycles. The van der Waals surface area contributed by atoms with E-state index in [4.69, 9.17) is 19.7 Å². The Balaban J connectivity index is 2.65. The van der Waals surface area contributed by atoms with Crippen LogP contribution in [-0.4, -0.2) is 40.5 Å². The van der Waals surface area contributed by atoms with Crippen LogP contribution < -0.4 is 5.32 Å². The van der Waals surface area contributed by atoms with E-state index >= 15 is 0 Å². The Bertz CT molecular complexity index is 345. The summed E-state index contributed by atoms with van der Waals surface area (Å²) < 4.78 is 5.07. The summed E-state index contributed by atoms with van der Waals surface area (Å²) in [5.74, 6) is -0.809. The average molecular weight is 229 g/mol. The van der Waals surface area contributed by atoms with Crippen LogP contribution in [0.5, 0.6) is 0 Å². The Morgan fingerprint density at radius 3 is 2.50 bits per heavy atom. The monoisotopic (exact) mass is 229 g/mol. The molecule has 4 N–H and O–H groups in total. The van der Waals surface area contributed by atoms with Crippen molar-refractivity contribution in [2.75, 3.05) is 13.2 Å². The lowest BCUT2D eigenvalue weighted by Gasteiger charge is -2.17. The summed E-state index contributed by atoms with van der Waals surface area (Å²) in [6.07, 6.45) is 0. The van der Waals surface area contributed by atoms with Crippen LogP contribution in [0.15, 0.2) is 16.5 Å². The molecule has 0 aliphatic rings. The SMILES string of the molecule is CC(NC(CO)CO)c1ccc(C(=O)O)o1. The third-order valence-corrected chi connectivity index (χ3v) is 2.19. The molecule has 1 unspecified atom stereocenters. The number of aromatic carboxylic acids is 1. The molecular weight excluding hydrogens is 214 g/mol. The van der Waals surface area contributed by atoms with Crippen molar-refractivity contribution in [2.24, 2.45) is 0 Å². The number of carboxylic acid groups (broad SMARTS) is 1. The van der Waals surface area contributed by atoms with Gasteiger partial charge in [0.1, 0.15) is 5.76 Å². The van der Waals surface area contributed by atoms with Gasteiger partial charge in [-0.1, -0.05) is 0 Å². The highest BCUT2D eigenvalue weighted by Crippen LogP contribution is 2.16. The fourth-order valence-electron chi connectivity index (χ4n) is 1.30. The van der Waals surface area contributed by atoms with E-state index in [1.807, 2.05) is 0 Å². The molecule has 0 aromatic carbocycles. The van der Waals surface area contributed by atoms with Gasteiger partial charge >= 0.3 is 5.97 Å². The van der Waals surface area contributed by atoms with Crippen molar-refractivity contribution in [1.29, 1.82) is 0 Å². The number of hydrogen-bond acceptors (Lipinski definition) is 5. The predicted molar refractivity (Wildman–Crippen MR) is 55.2 cm³/mol. The minimum Gasteiger partial charge on any atom is -0.475 e. The lowest BCUT2D eigenvalue weighted by Crippen LogP contribution is -2.37. The standard InChI is InChI=1S/C10H15NO5/c1-6(11-7(4-12)5-13)8-2-3-9(16-8)10(14)15/h2-3,6-7,11-13H,4-5H2,1H3,(H,14,15). The van der Waals surface area contributed by atoms with Gasteiger partial charge in [0.25, 0.3) is 0 Å². The highest BCUT2D eigenvalue weighted by atomic mass is 16.4. The average Bonchev–Trinajstić information content (AvgIpc) is 2.74. The molecule has 90 valence electrons. The van der Waals surface area contributed by atoms with E-state index in [-0.39, 0.29) is 25.0 Å². The van der Waals surface area contributed by atoms with Crippen molar-refractivity contribution in [2.45, 2.75) is 19.0 Å². The summed E-state index contributed by atoms with van der Waals surface area (Å²) in [4.78, 5) is 10.6. The van der Waals surface area contributed by atoms with E-state index in [0.717, 1.165) is 0 Å². The quantitative estimate of drug-likeness (QED) is 0.546. The summed E-state index contributed by atoms with van der Waals surface area (Å²) in [5, 5.41) is 29.3. The Hall–Kier alpha value is -1.37. The molecule has 0 spiro atoms. The number of carboxylic acids is 1. The molecule has 0 bridgehead atoms. The van der Waals surface area contributed by atoms with Gasteiger partial charge in [-0.2, -0.15) is 0 Å². The summed E-state index contributed by atoms with van der Waals surface area (Å²) in [5.41, 5.74) is 0. The number of aliphatic hydroxyl groups is 2. The molecule has 1 atom stereocenters. The highest BCUT2D eigenvalue weighted by Gasteiger charge is 2.16. The minimum atomic E-state index is -1.13. The largest absolute Gasteiger partial charge is 0.475 e. The molecule has 0 radical (unpaired) electrons. The second kappa shape index (κ2) is 5.64. The molecule has 0 saturated carbocycles. The van der Waals surface area contributed by atoms with Gasteiger partial charge < -0.3 is 25.1 Å². The normalized spacial score (nSPS) is 13.0. The summed E-state index contributed by atoms with van der Waals surface area (Å²) in [7, 11) is 0. The first-order valence-corrected chi connectivity index (χ1v) is 4.89. The number of carbonyl (C=O) groups is 1. The first kappa shape index (κ1) is 12.7. The van der Waals surface area contributed by atoms with Crippen LogP contribution in [0.3, 0.4) is 0 Å². The summed E-state index contributed by atoms with van der Waals surface area (Å²) in [6.45, 7) is 1.35. The molecular formula is C10H15NO5. The number of aliphatic hydroxyl groups excluding tert-OH is 2. The van der Waals surface area contributed by atoms with Crippen molar-refractivity contribution in [1.82, 2.24) is 5.32 Å². The predicted octanol–water partition coefficient (Wildman–Crippen LogP) is -0.0184. The maximum absolute atomic E-state index is 10.6. The Morgan fingerprint density at radius 1 is 1.44 bits per heavy atom. The number of furan rings is 1. The minimum absolute atomic E-state index is 0.131. The maximum atomic E-state index is 10.6. The van der Waals surface area contributed by atoms with E-state index in [1.165, 1.54) is 6.07 Å². The first-order valence-electron chi connectivity index (χ1n) is 4.89. The van der Waals surface area contributed by atoms with Gasteiger partial charge in [0.2, 0.25) is 5.76 Å². The number of nitrogens with one attached hydrogen (secondary N) is 1. The molecule has 1 heterocycles. The lowest BCUT2D eigenvalue weighted by molar-refractivity contribution is 0.0658. The molecule has 1 aromatic heterocycles. The molecule has 6 nitrogen and oxygen atoms in total. The smallest absolute Gasteiger partial charge is 0.371 e. The third-order valence-electron chi connectivity index (χ3n) is 2.19.